The number of carbonyl (C=O) groups excluding carboxylic acids is 1. The van der Waals surface area contributed by atoms with Crippen molar-refractivity contribution in [2.45, 2.75) is 26.7 Å². The topological polar surface area (TPSA) is 61.9 Å². The molecule has 1 fully saturated rings. The van der Waals surface area contributed by atoms with Gasteiger partial charge < -0.3 is 9.88 Å². The molecule has 0 aliphatic carbocycles. The number of aromatic amines is 1. The summed E-state index contributed by atoms with van der Waals surface area (Å²) in [5.41, 5.74) is 3.40. The second-order valence-electron chi connectivity index (χ2n) is 7.55. The van der Waals surface area contributed by atoms with Crippen LogP contribution < -0.4 is 0 Å². The van der Waals surface area contributed by atoms with E-state index in [1.807, 2.05) is 24.0 Å². The number of fused-ring (bicyclic) bond motifs is 1. The van der Waals surface area contributed by atoms with Crippen molar-refractivity contribution >= 4 is 17.1 Å². The zero-order valence-corrected chi connectivity index (χ0v) is 14.8. The molecule has 0 bridgehead atoms. The molecule has 0 saturated carbocycles. The quantitative estimate of drug-likeness (QED) is 0.780. The Morgan fingerprint density at radius 3 is 2.80 bits per heavy atom. The van der Waals surface area contributed by atoms with E-state index in [0.29, 0.717) is 17.1 Å². The minimum Gasteiger partial charge on any atom is -0.341 e. The molecule has 1 aliphatic rings. The van der Waals surface area contributed by atoms with Gasteiger partial charge in [-0.2, -0.15) is 0 Å². The SMILES string of the molecule is Cc1nc2ncc(C(=O)N3C[C@@H](c4ccccc4)C(C)(C)C3)cc2[nH]1. The molecule has 5 nitrogen and oxygen atoms in total. The number of nitrogens with one attached hydrogen (secondary N) is 1. The molecule has 1 aromatic carbocycles. The van der Waals surface area contributed by atoms with E-state index in [-0.39, 0.29) is 11.3 Å². The number of nitrogens with zero attached hydrogens (tertiary/aromatic N) is 3. The molecular weight excluding hydrogens is 312 g/mol. The highest BCUT2D eigenvalue weighted by Crippen LogP contribution is 2.42. The van der Waals surface area contributed by atoms with Crippen LogP contribution in [0.5, 0.6) is 0 Å². The summed E-state index contributed by atoms with van der Waals surface area (Å²) >= 11 is 0. The predicted molar refractivity (Wildman–Crippen MR) is 97.5 cm³/mol. The van der Waals surface area contributed by atoms with Gasteiger partial charge in [0.15, 0.2) is 5.65 Å². The lowest BCUT2D eigenvalue weighted by Gasteiger charge is -2.25. The van der Waals surface area contributed by atoms with Crippen molar-refractivity contribution in [2.75, 3.05) is 13.1 Å². The van der Waals surface area contributed by atoms with Crippen LogP contribution in [0, 0.1) is 12.3 Å². The van der Waals surface area contributed by atoms with E-state index in [1.54, 1.807) is 6.20 Å². The third kappa shape index (κ3) is 2.80. The van der Waals surface area contributed by atoms with Crippen LogP contribution in [0.3, 0.4) is 0 Å². The number of benzene rings is 1. The highest BCUT2D eigenvalue weighted by Gasteiger charge is 2.42. The Morgan fingerprint density at radius 2 is 2.04 bits per heavy atom. The molecular formula is C20H22N4O. The van der Waals surface area contributed by atoms with Gasteiger partial charge in [0.2, 0.25) is 0 Å². The Bertz CT molecular complexity index is 929. The average molecular weight is 334 g/mol. The Balaban J connectivity index is 1.62. The van der Waals surface area contributed by atoms with E-state index in [9.17, 15) is 4.79 Å². The van der Waals surface area contributed by atoms with E-state index < -0.39 is 0 Å². The summed E-state index contributed by atoms with van der Waals surface area (Å²) in [7, 11) is 0. The summed E-state index contributed by atoms with van der Waals surface area (Å²) in [5.74, 6) is 1.18. The van der Waals surface area contributed by atoms with Gasteiger partial charge in [0.05, 0.1) is 11.1 Å². The summed E-state index contributed by atoms with van der Waals surface area (Å²) in [6, 6.07) is 12.3. The first-order chi connectivity index (χ1) is 11.9. The predicted octanol–water partition coefficient (Wildman–Crippen LogP) is 3.53. The van der Waals surface area contributed by atoms with Crippen LogP contribution in [0.15, 0.2) is 42.6 Å². The molecule has 4 rings (SSSR count). The zero-order valence-electron chi connectivity index (χ0n) is 14.8. The summed E-state index contributed by atoms with van der Waals surface area (Å²) in [5, 5.41) is 0. The molecule has 128 valence electrons. The van der Waals surface area contributed by atoms with E-state index in [0.717, 1.165) is 24.4 Å². The van der Waals surface area contributed by atoms with Crippen molar-refractivity contribution in [3.63, 3.8) is 0 Å². The smallest absolute Gasteiger partial charge is 0.255 e. The number of carbonyl (C=O) groups is 1. The number of hydrogen-bond donors (Lipinski definition) is 1. The van der Waals surface area contributed by atoms with Crippen molar-refractivity contribution < 1.29 is 4.79 Å². The molecule has 3 heterocycles. The minimum atomic E-state index is 0.0353. The standard InChI is InChI=1S/C20H22N4O/c1-13-22-17-9-15(10-21-18(17)23-13)19(25)24-11-16(20(2,3)12-24)14-7-5-4-6-8-14/h4-10,16H,11-12H2,1-3H3,(H,21,22,23)/t16-/m0/s1. The van der Waals surface area contributed by atoms with Gasteiger partial charge in [-0.3, -0.25) is 4.79 Å². The first-order valence-electron chi connectivity index (χ1n) is 8.61. The molecule has 1 aliphatic heterocycles. The molecule has 0 unspecified atom stereocenters. The van der Waals surface area contributed by atoms with Gasteiger partial charge in [-0.1, -0.05) is 44.2 Å². The monoisotopic (exact) mass is 334 g/mol. The number of imidazole rings is 1. The molecule has 0 spiro atoms. The van der Waals surface area contributed by atoms with Crippen molar-refractivity contribution in [3.05, 3.63) is 59.5 Å². The number of aromatic nitrogens is 3. The van der Waals surface area contributed by atoms with E-state index in [2.05, 4.69) is 53.1 Å². The number of rotatable bonds is 2. The van der Waals surface area contributed by atoms with Crippen molar-refractivity contribution in [3.8, 4) is 0 Å². The molecule has 3 aromatic rings. The number of likely N-dealkylation sites (tertiary alicyclic amines) is 1. The van der Waals surface area contributed by atoms with Gasteiger partial charge in [0.1, 0.15) is 5.82 Å². The van der Waals surface area contributed by atoms with Gasteiger partial charge in [0.25, 0.3) is 5.91 Å². The lowest BCUT2D eigenvalue weighted by molar-refractivity contribution is 0.0777. The van der Waals surface area contributed by atoms with E-state index in [1.165, 1.54) is 5.56 Å². The number of pyridine rings is 1. The summed E-state index contributed by atoms with van der Waals surface area (Å²) in [6.45, 7) is 7.83. The van der Waals surface area contributed by atoms with Gasteiger partial charge >= 0.3 is 0 Å². The minimum absolute atomic E-state index is 0.0353. The summed E-state index contributed by atoms with van der Waals surface area (Å²) in [4.78, 5) is 26.7. The number of amides is 1. The fourth-order valence-electron chi connectivity index (χ4n) is 3.85. The van der Waals surface area contributed by atoms with Crippen LogP contribution >= 0.6 is 0 Å². The first kappa shape index (κ1) is 15.8. The van der Waals surface area contributed by atoms with Crippen molar-refractivity contribution in [1.82, 2.24) is 19.9 Å². The first-order valence-corrected chi connectivity index (χ1v) is 8.61. The summed E-state index contributed by atoms with van der Waals surface area (Å²) in [6.07, 6.45) is 1.63. The van der Waals surface area contributed by atoms with Crippen LogP contribution in [0.2, 0.25) is 0 Å². The highest BCUT2D eigenvalue weighted by atomic mass is 16.2. The maximum absolute atomic E-state index is 13.0. The van der Waals surface area contributed by atoms with Gasteiger partial charge in [-0.05, 0) is 24.0 Å². The third-order valence-corrected chi connectivity index (χ3v) is 5.14. The molecule has 2 aromatic heterocycles. The number of aryl methyl sites for hydroxylation is 1. The highest BCUT2D eigenvalue weighted by molar-refractivity contribution is 5.96. The molecule has 1 N–H and O–H groups in total. The van der Waals surface area contributed by atoms with Gasteiger partial charge in [-0.15, -0.1) is 0 Å². The lowest BCUT2D eigenvalue weighted by atomic mass is 9.78. The Kier molecular flexibility index (Phi) is 3.60. The second-order valence-corrected chi connectivity index (χ2v) is 7.55. The van der Waals surface area contributed by atoms with Crippen molar-refractivity contribution in [1.29, 1.82) is 0 Å². The largest absolute Gasteiger partial charge is 0.341 e. The number of hydrogen-bond acceptors (Lipinski definition) is 3. The Morgan fingerprint density at radius 1 is 1.28 bits per heavy atom. The number of H-pyrrole nitrogens is 1. The molecule has 1 saturated heterocycles. The average Bonchev–Trinajstić information content (AvgIpc) is 3.12. The summed E-state index contributed by atoms with van der Waals surface area (Å²) < 4.78 is 0. The maximum Gasteiger partial charge on any atom is 0.255 e. The normalized spacial score (nSPS) is 19.5. The molecule has 5 heteroatoms. The lowest BCUT2D eigenvalue weighted by Crippen LogP contribution is -2.30. The second kappa shape index (κ2) is 5.69. The van der Waals surface area contributed by atoms with Crippen LogP contribution in [-0.4, -0.2) is 38.8 Å². The molecule has 1 amide bonds. The zero-order chi connectivity index (χ0) is 17.6. The Labute approximate surface area is 147 Å². The van der Waals surface area contributed by atoms with Crippen LogP contribution in [0.25, 0.3) is 11.2 Å². The Hall–Kier alpha value is -2.69. The molecule has 0 radical (unpaired) electrons. The van der Waals surface area contributed by atoms with Gasteiger partial charge in [0, 0.05) is 25.2 Å². The van der Waals surface area contributed by atoms with E-state index in [4.69, 9.17) is 0 Å². The fraction of sp³-hybridized carbons (Fsp3) is 0.350. The molecule has 25 heavy (non-hydrogen) atoms. The van der Waals surface area contributed by atoms with E-state index >= 15 is 0 Å². The third-order valence-electron chi connectivity index (χ3n) is 5.14. The maximum atomic E-state index is 13.0. The van der Waals surface area contributed by atoms with Crippen molar-refractivity contribution in [2.24, 2.45) is 5.41 Å². The fourth-order valence-corrected chi connectivity index (χ4v) is 3.85. The van der Waals surface area contributed by atoms with Gasteiger partial charge in [-0.25, -0.2) is 9.97 Å². The molecule has 1 atom stereocenters. The van der Waals surface area contributed by atoms with Crippen LogP contribution in [0.1, 0.15) is 41.5 Å². The van der Waals surface area contributed by atoms with Crippen LogP contribution in [-0.2, 0) is 0 Å². The van der Waals surface area contributed by atoms with Crippen LogP contribution in [0.4, 0.5) is 0 Å².